The van der Waals surface area contributed by atoms with Crippen LogP contribution in [0, 0.1) is 0 Å². The molecule has 0 atom stereocenters. The Morgan fingerprint density at radius 1 is 1.04 bits per heavy atom. The van der Waals surface area contributed by atoms with Crippen molar-refractivity contribution in [3.8, 4) is 0 Å². The van der Waals surface area contributed by atoms with E-state index in [4.69, 9.17) is 14.0 Å². The minimum atomic E-state index is -0.889. The van der Waals surface area contributed by atoms with E-state index in [1.165, 1.54) is 0 Å². The molecule has 0 spiro atoms. The number of ether oxygens (including phenoxy) is 2. The van der Waals surface area contributed by atoms with Crippen LogP contribution in [0.5, 0.6) is 0 Å². The number of rotatable bonds is 1. The molecule has 2 rings (SSSR count). The fourth-order valence-corrected chi connectivity index (χ4v) is 2.26. The summed E-state index contributed by atoms with van der Waals surface area (Å²) in [5.41, 5.74) is -1.17. The van der Waals surface area contributed by atoms with E-state index in [0.717, 1.165) is 9.37 Å². The van der Waals surface area contributed by atoms with Gasteiger partial charge in [-0.3, -0.25) is 0 Å². The van der Waals surface area contributed by atoms with Gasteiger partial charge in [0.05, 0.1) is 5.39 Å². The first kappa shape index (κ1) is 19.2. The molecule has 0 saturated carbocycles. The number of benzene rings is 1. The molecule has 0 radical (unpaired) electrons. The topological polar surface area (TPSA) is 81.9 Å². The summed E-state index contributed by atoms with van der Waals surface area (Å²) in [6.07, 6.45) is -1.78. The molecule has 8 heteroatoms. The molecule has 0 N–H and O–H groups in total. The van der Waals surface area contributed by atoms with E-state index in [1.807, 2.05) is 0 Å². The van der Waals surface area contributed by atoms with Crippen molar-refractivity contribution < 1.29 is 23.6 Å². The Hall–Kier alpha value is -2.09. The maximum absolute atomic E-state index is 12.6. The zero-order valence-electron chi connectivity index (χ0n) is 15.0. The first-order valence-electron chi connectivity index (χ1n) is 7.68. The first-order valence-corrected chi connectivity index (χ1v) is 8.48. The number of carbonyl (C=O) groups is 2. The number of anilines is 1. The van der Waals surface area contributed by atoms with Crippen LogP contribution in [0.15, 0.2) is 27.2 Å². The van der Waals surface area contributed by atoms with Crippen LogP contribution in [0.25, 0.3) is 11.0 Å². The zero-order chi connectivity index (χ0) is 19.0. The van der Waals surface area contributed by atoms with Gasteiger partial charge in [-0.25, -0.2) is 9.59 Å². The third-order valence-electron chi connectivity index (χ3n) is 2.78. The van der Waals surface area contributed by atoms with Crippen LogP contribution in [-0.4, -0.2) is 28.5 Å². The highest BCUT2D eigenvalue weighted by atomic mass is 79.9. The summed E-state index contributed by atoms with van der Waals surface area (Å²) < 4.78 is 16.7. The Morgan fingerprint density at radius 3 is 2.04 bits per heavy atom. The van der Waals surface area contributed by atoms with E-state index in [-0.39, 0.29) is 5.82 Å². The van der Waals surface area contributed by atoms with Crippen LogP contribution >= 0.6 is 15.9 Å². The number of carbonyl (C=O) groups excluding carboxylic acids is 2. The summed E-state index contributed by atoms with van der Waals surface area (Å²) in [5.74, 6) is 0.0194. The standard InChI is InChI=1S/C17H21BrN2O5/c1-16(2,3)23-14(21)20(15(22)24-17(4,5)6)13-11-8-7-10(18)9-12(11)25-19-13/h7-9H,1-6H3. The summed E-state index contributed by atoms with van der Waals surface area (Å²) in [5, 5.41) is 4.35. The molecular formula is C17H21BrN2O5. The van der Waals surface area contributed by atoms with E-state index in [2.05, 4.69) is 21.1 Å². The number of halogens is 1. The molecule has 0 aliphatic rings. The second-order valence-corrected chi connectivity index (χ2v) is 8.36. The third kappa shape index (κ3) is 4.94. The number of nitrogens with zero attached hydrogens (tertiary/aromatic N) is 2. The number of imide groups is 1. The summed E-state index contributed by atoms with van der Waals surface area (Å²) in [4.78, 5) is 26.0. The van der Waals surface area contributed by atoms with E-state index in [0.29, 0.717) is 11.0 Å². The Balaban J connectivity index is 2.49. The number of aromatic nitrogens is 1. The van der Waals surface area contributed by atoms with Crippen molar-refractivity contribution >= 4 is 44.9 Å². The number of fused-ring (bicyclic) bond motifs is 1. The molecule has 136 valence electrons. The second-order valence-electron chi connectivity index (χ2n) is 7.44. The van der Waals surface area contributed by atoms with Crippen molar-refractivity contribution in [2.75, 3.05) is 4.90 Å². The molecule has 0 saturated heterocycles. The largest absolute Gasteiger partial charge is 0.443 e. The van der Waals surface area contributed by atoms with Crippen LogP contribution in [0.1, 0.15) is 41.5 Å². The molecular weight excluding hydrogens is 392 g/mol. The zero-order valence-corrected chi connectivity index (χ0v) is 16.6. The minimum absolute atomic E-state index is 0.0194. The highest BCUT2D eigenvalue weighted by molar-refractivity contribution is 9.10. The van der Waals surface area contributed by atoms with E-state index in [1.54, 1.807) is 59.7 Å². The van der Waals surface area contributed by atoms with Crippen molar-refractivity contribution in [2.24, 2.45) is 0 Å². The quantitative estimate of drug-likeness (QED) is 0.634. The summed E-state index contributed by atoms with van der Waals surface area (Å²) in [6, 6.07) is 5.13. The average Bonchev–Trinajstić information content (AvgIpc) is 2.77. The van der Waals surface area contributed by atoms with Gasteiger partial charge in [-0.05, 0) is 59.7 Å². The molecule has 1 aromatic carbocycles. The fraction of sp³-hybridized carbons (Fsp3) is 0.471. The molecule has 0 aliphatic heterocycles. The van der Waals surface area contributed by atoms with Crippen molar-refractivity contribution in [1.82, 2.24) is 5.16 Å². The molecule has 1 heterocycles. The highest BCUT2D eigenvalue weighted by Gasteiger charge is 2.35. The maximum Gasteiger partial charge on any atom is 0.425 e. The molecule has 7 nitrogen and oxygen atoms in total. The molecule has 0 fully saturated rings. The van der Waals surface area contributed by atoms with Gasteiger partial charge in [0, 0.05) is 4.47 Å². The van der Waals surface area contributed by atoms with Crippen molar-refractivity contribution in [1.29, 1.82) is 0 Å². The van der Waals surface area contributed by atoms with E-state index >= 15 is 0 Å². The SMILES string of the molecule is CC(C)(C)OC(=O)N(C(=O)OC(C)(C)C)c1noc2cc(Br)ccc12. The summed E-state index contributed by atoms with van der Waals surface area (Å²) in [7, 11) is 0. The van der Waals surface area contributed by atoms with Crippen LogP contribution in [0.4, 0.5) is 15.4 Å². The van der Waals surface area contributed by atoms with Crippen LogP contribution < -0.4 is 4.90 Å². The second kappa shape index (κ2) is 6.67. The minimum Gasteiger partial charge on any atom is -0.443 e. The Kier molecular flexibility index (Phi) is 5.13. The van der Waals surface area contributed by atoms with Crippen molar-refractivity contribution in [3.05, 3.63) is 22.7 Å². The third-order valence-corrected chi connectivity index (χ3v) is 3.27. The van der Waals surface area contributed by atoms with E-state index < -0.39 is 23.4 Å². The lowest BCUT2D eigenvalue weighted by Crippen LogP contribution is -2.44. The van der Waals surface area contributed by atoms with Crippen molar-refractivity contribution in [2.45, 2.75) is 52.7 Å². The fourth-order valence-electron chi connectivity index (χ4n) is 1.92. The van der Waals surface area contributed by atoms with Crippen LogP contribution in [0.2, 0.25) is 0 Å². The van der Waals surface area contributed by atoms with Crippen LogP contribution in [-0.2, 0) is 9.47 Å². The number of hydrogen-bond donors (Lipinski definition) is 0. The number of hydrogen-bond acceptors (Lipinski definition) is 6. The number of amides is 2. The summed E-state index contributed by atoms with van der Waals surface area (Å²) in [6.45, 7) is 10.2. The lowest BCUT2D eigenvalue weighted by molar-refractivity contribution is 0.0428. The van der Waals surface area contributed by atoms with Gasteiger partial charge < -0.3 is 14.0 Å². The highest BCUT2D eigenvalue weighted by Crippen LogP contribution is 2.30. The van der Waals surface area contributed by atoms with E-state index in [9.17, 15) is 9.59 Å². The molecule has 1 aromatic heterocycles. The molecule has 2 amide bonds. The van der Waals surface area contributed by atoms with Gasteiger partial charge in [-0.15, -0.1) is 0 Å². The lowest BCUT2D eigenvalue weighted by Gasteiger charge is -2.27. The van der Waals surface area contributed by atoms with Gasteiger partial charge in [0.2, 0.25) is 0 Å². The van der Waals surface area contributed by atoms with Crippen LogP contribution in [0.3, 0.4) is 0 Å². The lowest BCUT2D eigenvalue weighted by atomic mass is 10.2. The van der Waals surface area contributed by atoms with Gasteiger partial charge in [-0.2, -0.15) is 4.90 Å². The normalized spacial score (nSPS) is 12.1. The molecule has 25 heavy (non-hydrogen) atoms. The summed E-state index contributed by atoms with van der Waals surface area (Å²) >= 11 is 3.33. The Morgan fingerprint density at radius 2 is 1.56 bits per heavy atom. The Bertz CT molecular complexity index is 773. The van der Waals surface area contributed by atoms with Crippen molar-refractivity contribution in [3.63, 3.8) is 0 Å². The predicted molar refractivity (Wildman–Crippen MR) is 96.7 cm³/mol. The average molecular weight is 413 g/mol. The molecule has 2 aromatic rings. The monoisotopic (exact) mass is 412 g/mol. The van der Waals surface area contributed by atoms with Gasteiger partial charge in [0.1, 0.15) is 11.2 Å². The van der Waals surface area contributed by atoms with Gasteiger partial charge in [0.15, 0.2) is 11.4 Å². The molecule has 0 unspecified atom stereocenters. The Labute approximate surface area is 154 Å². The van der Waals surface area contributed by atoms with Gasteiger partial charge >= 0.3 is 12.2 Å². The van der Waals surface area contributed by atoms with Gasteiger partial charge in [-0.1, -0.05) is 21.1 Å². The predicted octanol–water partition coefficient (Wildman–Crippen LogP) is 5.27. The molecule has 0 aliphatic carbocycles. The smallest absolute Gasteiger partial charge is 0.425 e. The molecule has 0 bridgehead atoms. The first-order chi connectivity index (χ1) is 11.4. The van der Waals surface area contributed by atoms with Gasteiger partial charge in [0.25, 0.3) is 0 Å². The maximum atomic E-state index is 12.6.